The van der Waals surface area contributed by atoms with Gasteiger partial charge in [-0.3, -0.25) is 9.89 Å². The molecule has 14 heavy (non-hydrogen) atoms. The van der Waals surface area contributed by atoms with Crippen molar-refractivity contribution in [3.8, 4) is 0 Å². The first-order valence-corrected chi connectivity index (χ1v) is 4.27. The highest BCUT2D eigenvalue weighted by molar-refractivity contribution is 5.02. The van der Waals surface area contributed by atoms with Crippen molar-refractivity contribution >= 4 is 0 Å². The van der Waals surface area contributed by atoms with Crippen molar-refractivity contribution in [2.45, 2.75) is 13.5 Å². The lowest BCUT2D eigenvalue weighted by molar-refractivity contribution is 0.724. The molecule has 2 aromatic rings. The van der Waals surface area contributed by atoms with Gasteiger partial charge in [-0.2, -0.15) is 5.10 Å². The highest BCUT2D eigenvalue weighted by Gasteiger charge is 1.99. The summed E-state index contributed by atoms with van der Waals surface area (Å²) < 4.78 is 1.94. The van der Waals surface area contributed by atoms with Crippen molar-refractivity contribution in [2.75, 3.05) is 0 Å². The molecule has 0 aliphatic carbocycles. The third-order valence-corrected chi connectivity index (χ3v) is 1.98. The maximum atomic E-state index is 11.0. The molecule has 0 atom stereocenters. The third kappa shape index (κ3) is 1.71. The van der Waals surface area contributed by atoms with E-state index in [4.69, 9.17) is 0 Å². The van der Waals surface area contributed by atoms with Crippen molar-refractivity contribution < 1.29 is 0 Å². The fraction of sp³-hybridized carbons (Fsp3) is 0.222. The zero-order valence-electron chi connectivity index (χ0n) is 7.77. The van der Waals surface area contributed by atoms with Gasteiger partial charge in [-0.05, 0) is 6.92 Å². The standard InChI is InChI=1S/C9H10N4O/c1-7-10-2-3-13(7)6-8-4-9(14)5-11-12-8/h2-5H,6H2,1H3,(H,12,14). The molecule has 0 saturated carbocycles. The third-order valence-electron chi connectivity index (χ3n) is 1.98. The smallest absolute Gasteiger partial charge is 0.200 e. The number of nitrogens with zero attached hydrogens (tertiary/aromatic N) is 3. The van der Waals surface area contributed by atoms with Crippen molar-refractivity contribution in [3.63, 3.8) is 0 Å². The second kappa shape index (κ2) is 3.45. The first-order valence-electron chi connectivity index (χ1n) is 4.27. The minimum absolute atomic E-state index is 0.0866. The average molecular weight is 190 g/mol. The Morgan fingerprint density at radius 3 is 3.07 bits per heavy atom. The van der Waals surface area contributed by atoms with Crippen LogP contribution < -0.4 is 5.43 Å². The van der Waals surface area contributed by atoms with E-state index in [1.807, 2.05) is 17.7 Å². The lowest BCUT2D eigenvalue weighted by Crippen LogP contribution is -2.09. The van der Waals surface area contributed by atoms with Crippen LogP contribution in [0.2, 0.25) is 0 Å². The Morgan fingerprint density at radius 1 is 1.57 bits per heavy atom. The summed E-state index contributed by atoms with van der Waals surface area (Å²) in [5.74, 6) is 0.912. The van der Waals surface area contributed by atoms with Crippen molar-refractivity contribution in [1.29, 1.82) is 0 Å². The molecule has 2 rings (SSSR count). The van der Waals surface area contributed by atoms with Crippen LogP contribution in [-0.2, 0) is 6.54 Å². The molecule has 0 unspecified atom stereocenters. The van der Waals surface area contributed by atoms with Crippen LogP contribution in [0.25, 0.3) is 0 Å². The molecule has 0 saturated heterocycles. The number of hydrogen-bond acceptors (Lipinski definition) is 3. The second-order valence-corrected chi connectivity index (χ2v) is 3.04. The molecule has 0 aliphatic heterocycles. The van der Waals surface area contributed by atoms with Gasteiger partial charge in [0.25, 0.3) is 0 Å². The monoisotopic (exact) mass is 190 g/mol. The molecule has 0 aromatic carbocycles. The number of H-pyrrole nitrogens is 1. The van der Waals surface area contributed by atoms with E-state index >= 15 is 0 Å². The Balaban J connectivity index is 2.27. The molecule has 0 spiro atoms. The molecule has 0 amide bonds. The first kappa shape index (κ1) is 8.68. The van der Waals surface area contributed by atoms with Gasteiger partial charge < -0.3 is 4.57 Å². The lowest BCUT2D eigenvalue weighted by atomic mass is 10.4. The summed E-state index contributed by atoms with van der Waals surface area (Å²) in [5.41, 5.74) is 0.690. The molecule has 5 nitrogen and oxygen atoms in total. The number of aromatic nitrogens is 4. The van der Waals surface area contributed by atoms with Crippen LogP contribution in [0.1, 0.15) is 11.5 Å². The molecule has 2 aromatic heterocycles. The van der Waals surface area contributed by atoms with Crippen molar-refractivity contribution in [1.82, 2.24) is 19.7 Å². The molecular weight excluding hydrogens is 180 g/mol. The van der Waals surface area contributed by atoms with Gasteiger partial charge in [0.2, 0.25) is 0 Å². The fourth-order valence-corrected chi connectivity index (χ4v) is 1.26. The minimum atomic E-state index is -0.0866. The maximum Gasteiger partial charge on any atom is 0.200 e. The number of imidazole rings is 1. The minimum Gasteiger partial charge on any atom is -0.329 e. The predicted octanol–water partition coefficient (Wildman–Crippen LogP) is 0.323. The number of aryl methyl sites for hydroxylation is 1. The highest BCUT2D eigenvalue weighted by atomic mass is 16.1. The van der Waals surface area contributed by atoms with Crippen LogP contribution in [-0.4, -0.2) is 19.7 Å². The largest absolute Gasteiger partial charge is 0.329 e. The Morgan fingerprint density at radius 2 is 2.43 bits per heavy atom. The summed E-state index contributed by atoms with van der Waals surface area (Å²) in [7, 11) is 0. The van der Waals surface area contributed by atoms with E-state index in [1.165, 1.54) is 12.3 Å². The fourth-order valence-electron chi connectivity index (χ4n) is 1.26. The SMILES string of the molecule is Cc1nccn1Cc1cc(=O)cn[nH]1. The van der Waals surface area contributed by atoms with E-state index in [9.17, 15) is 4.79 Å². The van der Waals surface area contributed by atoms with E-state index in [-0.39, 0.29) is 5.43 Å². The molecule has 2 heterocycles. The number of rotatable bonds is 2. The van der Waals surface area contributed by atoms with Crippen LogP contribution in [0.5, 0.6) is 0 Å². The normalized spacial score (nSPS) is 10.4. The Hall–Kier alpha value is -1.91. The number of aromatic amines is 1. The van der Waals surface area contributed by atoms with Crippen molar-refractivity contribution in [3.05, 3.63) is 46.4 Å². The van der Waals surface area contributed by atoms with E-state index in [0.717, 1.165) is 11.5 Å². The first-order chi connectivity index (χ1) is 6.75. The topological polar surface area (TPSA) is 63.6 Å². The Kier molecular flexibility index (Phi) is 2.14. The number of hydrogen-bond donors (Lipinski definition) is 1. The van der Waals surface area contributed by atoms with Crippen LogP contribution >= 0.6 is 0 Å². The van der Waals surface area contributed by atoms with Crippen LogP contribution in [0.15, 0.2) is 29.5 Å². The zero-order chi connectivity index (χ0) is 9.97. The quantitative estimate of drug-likeness (QED) is 0.741. The summed E-state index contributed by atoms with van der Waals surface area (Å²) >= 11 is 0. The number of nitrogens with one attached hydrogen (secondary N) is 1. The molecule has 72 valence electrons. The Labute approximate surface area is 80.4 Å². The van der Waals surface area contributed by atoms with E-state index < -0.39 is 0 Å². The Bertz CT molecular complexity index is 485. The van der Waals surface area contributed by atoms with Gasteiger partial charge in [-0.1, -0.05) is 0 Å². The van der Waals surface area contributed by atoms with Gasteiger partial charge >= 0.3 is 0 Å². The molecular formula is C9H10N4O. The van der Waals surface area contributed by atoms with Crippen LogP contribution in [0.4, 0.5) is 0 Å². The molecule has 5 heteroatoms. The van der Waals surface area contributed by atoms with Gasteiger partial charge in [-0.15, -0.1) is 0 Å². The zero-order valence-corrected chi connectivity index (χ0v) is 7.77. The maximum absolute atomic E-state index is 11.0. The summed E-state index contributed by atoms with van der Waals surface area (Å²) in [4.78, 5) is 15.1. The summed E-state index contributed by atoms with van der Waals surface area (Å²) in [6, 6.07) is 1.53. The van der Waals surface area contributed by atoms with Gasteiger partial charge in [0.15, 0.2) is 5.43 Å². The van der Waals surface area contributed by atoms with Crippen LogP contribution in [0.3, 0.4) is 0 Å². The summed E-state index contributed by atoms with van der Waals surface area (Å²) in [6.45, 7) is 2.50. The molecule has 0 aliphatic rings. The summed E-state index contributed by atoms with van der Waals surface area (Å²) in [6.07, 6.45) is 4.84. The average Bonchev–Trinajstić information content (AvgIpc) is 2.52. The van der Waals surface area contributed by atoms with E-state index in [0.29, 0.717) is 6.54 Å². The van der Waals surface area contributed by atoms with Gasteiger partial charge in [0.1, 0.15) is 5.82 Å². The summed E-state index contributed by atoms with van der Waals surface area (Å²) in [5, 5.41) is 6.50. The predicted molar refractivity (Wildman–Crippen MR) is 50.9 cm³/mol. The van der Waals surface area contributed by atoms with Gasteiger partial charge in [0, 0.05) is 18.5 Å². The molecule has 0 fully saturated rings. The second-order valence-electron chi connectivity index (χ2n) is 3.04. The van der Waals surface area contributed by atoms with E-state index in [1.54, 1.807) is 6.20 Å². The molecule has 0 radical (unpaired) electrons. The molecule has 0 bridgehead atoms. The van der Waals surface area contributed by atoms with Crippen molar-refractivity contribution in [2.24, 2.45) is 0 Å². The van der Waals surface area contributed by atoms with Gasteiger partial charge in [-0.25, -0.2) is 4.98 Å². The molecule has 1 N–H and O–H groups in total. The van der Waals surface area contributed by atoms with Crippen LogP contribution in [0, 0.1) is 6.92 Å². The lowest BCUT2D eigenvalue weighted by Gasteiger charge is -2.03. The highest BCUT2D eigenvalue weighted by Crippen LogP contribution is 1.98. The van der Waals surface area contributed by atoms with E-state index in [2.05, 4.69) is 15.2 Å². The van der Waals surface area contributed by atoms with Gasteiger partial charge in [0.05, 0.1) is 18.4 Å².